The monoisotopic (exact) mass is 326 g/mol. The minimum Gasteiger partial charge on any atom is -0.322 e. The van der Waals surface area contributed by atoms with Crippen molar-refractivity contribution in [3.63, 3.8) is 0 Å². The summed E-state index contributed by atoms with van der Waals surface area (Å²) in [7, 11) is 0. The van der Waals surface area contributed by atoms with Crippen molar-refractivity contribution in [1.82, 2.24) is 20.2 Å². The van der Waals surface area contributed by atoms with Crippen molar-refractivity contribution in [2.24, 2.45) is 5.92 Å². The normalized spacial score (nSPS) is 26.5. The molecule has 5 heteroatoms. The van der Waals surface area contributed by atoms with Gasteiger partial charge in [0.2, 0.25) is 5.82 Å². The van der Waals surface area contributed by atoms with E-state index in [-0.39, 0.29) is 6.04 Å². The molecule has 0 unspecified atom stereocenters. The van der Waals surface area contributed by atoms with Crippen LogP contribution in [0.4, 0.5) is 0 Å². The van der Waals surface area contributed by atoms with Crippen molar-refractivity contribution in [1.29, 1.82) is 0 Å². The van der Waals surface area contributed by atoms with Crippen LogP contribution in [-0.2, 0) is 0 Å². The average Bonchev–Trinajstić information content (AvgIpc) is 3.29. The Morgan fingerprint density at radius 3 is 2.46 bits per heavy atom. The number of hydrogen-bond acceptors (Lipinski definition) is 3. The van der Waals surface area contributed by atoms with Gasteiger partial charge < -0.3 is 4.90 Å². The standard InChI is InChI=1S/C19H27N5/c1-15-11-13-23(14-12-15)18(16-7-3-2-4-8-16)19-20-21-22-24(19)17-9-5-6-10-17/h2-4,7-8,15,17-18H,5-6,9-14H2,1H3/p+1/t18-/m0/s1. The van der Waals surface area contributed by atoms with Crippen LogP contribution in [-0.4, -0.2) is 33.3 Å². The fraction of sp³-hybridized carbons (Fsp3) is 0.632. The van der Waals surface area contributed by atoms with Crippen molar-refractivity contribution in [3.05, 3.63) is 41.7 Å². The summed E-state index contributed by atoms with van der Waals surface area (Å²) in [5, 5.41) is 13.0. The zero-order valence-electron chi connectivity index (χ0n) is 14.6. The van der Waals surface area contributed by atoms with Crippen LogP contribution in [0.3, 0.4) is 0 Å². The number of likely N-dealkylation sites (tertiary alicyclic amines) is 1. The van der Waals surface area contributed by atoms with E-state index in [4.69, 9.17) is 0 Å². The molecule has 1 saturated heterocycles. The number of rotatable bonds is 4. The van der Waals surface area contributed by atoms with Crippen LogP contribution in [0.5, 0.6) is 0 Å². The molecular formula is C19H28N5+. The van der Waals surface area contributed by atoms with E-state index in [1.807, 2.05) is 0 Å². The topological polar surface area (TPSA) is 48.0 Å². The molecular weight excluding hydrogens is 298 g/mol. The molecule has 1 aromatic carbocycles. The molecule has 1 aliphatic heterocycles. The second kappa shape index (κ2) is 7.01. The molecule has 2 aliphatic rings. The maximum atomic E-state index is 4.51. The van der Waals surface area contributed by atoms with E-state index < -0.39 is 0 Å². The summed E-state index contributed by atoms with van der Waals surface area (Å²) in [4.78, 5) is 1.62. The van der Waals surface area contributed by atoms with Crippen LogP contribution < -0.4 is 4.90 Å². The lowest BCUT2D eigenvalue weighted by Crippen LogP contribution is -3.13. The van der Waals surface area contributed by atoms with Crippen LogP contribution in [0.15, 0.2) is 30.3 Å². The summed E-state index contributed by atoms with van der Waals surface area (Å²) in [5.41, 5.74) is 1.34. The summed E-state index contributed by atoms with van der Waals surface area (Å²) in [6.07, 6.45) is 7.62. The predicted molar refractivity (Wildman–Crippen MR) is 92.7 cm³/mol. The highest BCUT2D eigenvalue weighted by Gasteiger charge is 2.35. The molecule has 24 heavy (non-hydrogen) atoms. The Bertz CT molecular complexity index is 639. The summed E-state index contributed by atoms with van der Waals surface area (Å²) in [5.74, 6) is 1.91. The maximum absolute atomic E-state index is 4.51. The molecule has 2 aromatic rings. The molecule has 1 N–H and O–H groups in total. The second-order valence-electron chi connectivity index (χ2n) is 7.60. The Labute approximate surface area is 144 Å². The van der Waals surface area contributed by atoms with Gasteiger partial charge in [-0.05, 0) is 42.0 Å². The van der Waals surface area contributed by atoms with Crippen molar-refractivity contribution < 1.29 is 4.90 Å². The Hall–Kier alpha value is -1.75. The largest absolute Gasteiger partial charge is 0.322 e. The molecule has 1 aliphatic carbocycles. The highest BCUT2D eigenvalue weighted by atomic mass is 15.6. The van der Waals surface area contributed by atoms with Crippen LogP contribution in [0.25, 0.3) is 0 Å². The number of hydrogen-bond donors (Lipinski definition) is 1. The van der Waals surface area contributed by atoms with Gasteiger partial charge in [0, 0.05) is 5.56 Å². The van der Waals surface area contributed by atoms with Gasteiger partial charge >= 0.3 is 0 Å². The maximum Gasteiger partial charge on any atom is 0.214 e. The number of aromatic nitrogens is 4. The molecule has 0 spiro atoms. The Kier molecular flexibility index (Phi) is 4.60. The van der Waals surface area contributed by atoms with Crippen LogP contribution in [0.2, 0.25) is 0 Å². The van der Waals surface area contributed by atoms with Crippen molar-refractivity contribution in [3.8, 4) is 0 Å². The highest BCUT2D eigenvalue weighted by Crippen LogP contribution is 2.31. The summed E-state index contributed by atoms with van der Waals surface area (Å²) in [6.45, 7) is 4.79. The van der Waals surface area contributed by atoms with Gasteiger partial charge in [0.1, 0.15) is 0 Å². The van der Waals surface area contributed by atoms with Crippen molar-refractivity contribution >= 4 is 0 Å². The molecule has 4 rings (SSSR count). The van der Waals surface area contributed by atoms with E-state index in [9.17, 15) is 0 Å². The van der Waals surface area contributed by atoms with Crippen molar-refractivity contribution in [2.45, 2.75) is 57.5 Å². The van der Waals surface area contributed by atoms with Crippen LogP contribution in [0.1, 0.15) is 68.9 Å². The fourth-order valence-corrected chi connectivity index (χ4v) is 4.43. The van der Waals surface area contributed by atoms with Gasteiger partial charge in [-0.3, -0.25) is 0 Å². The first-order valence-corrected chi connectivity index (χ1v) is 9.50. The quantitative estimate of drug-likeness (QED) is 0.937. The SMILES string of the molecule is CC1CC[NH+]([C@@H](c2ccccc2)c2nnnn2C2CCCC2)CC1. The number of nitrogens with one attached hydrogen (secondary N) is 1. The minimum absolute atomic E-state index is 0.259. The van der Waals surface area contributed by atoms with Gasteiger partial charge in [-0.25, -0.2) is 4.68 Å². The molecule has 1 aromatic heterocycles. The number of piperidine rings is 1. The zero-order chi connectivity index (χ0) is 16.4. The fourth-order valence-electron chi connectivity index (χ4n) is 4.43. The summed E-state index contributed by atoms with van der Waals surface area (Å²) in [6, 6.07) is 11.6. The molecule has 1 atom stereocenters. The van der Waals surface area contributed by atoms with E-state index in [2.05, 4.69) is 57.5 Å². The van der Waals surface area contributed by atoms with Gasteiger partial charge in [-0.2, -0.15) is 0 Å². The van der Waals surface area contributed by atoms with E-state index in [0.29, 0.717) is 6.04 Å². The van der Waals surface area contributed by atoms with Crippen LogP contribution >= 0.6 is 0 Å². The van der Waals surface area contributed by atoms with Gasteiger partial charge in [0.05, 0.1) is 19.1 Å². The average molecular weight is 326 g/mol. The zero-order valence-corrected chi connectivity index (χ0v) is 14.6. The van der Waals surface area contributed by atoms with Gasteiger partial charge in [-0.1, -0.05) is 50.1 Å². The molecule has 0 radical (unpaired) electrons. The van der Waals surface area contributed by atoms with Crippen LogP contribution in [0, 0.1) is 5.92 Å². The number of benzene rings is 1. The third kappa shape index (κ3) is 3.09. The minimum atomic E-state index is 0.259. The van der Waals surface area contributed by atoms with E-state index >= 15 is 0 Å². The lowest BCUT2D eigenvalue weighted by Gasteiger charge is -2.33. The molecule has 1 saturated carbocycles. The highest BCUT2D eigenvalue weighted by molar-refractivity contribution is 5.22. The second-order valence-corrected chi connectivity index (χ2v) is 7.60. The first-order chi connectivity index (χ1) is 11.8. The third-order valence-corrected chi connectivity index (χ3v) is 5.90. The smallest absolute Gasteiger partial charge is 0.214 e. The lowest BCUT2D eigenvalue weighted by atomic mass is 9.95. The van der Waals surface area contributed by atoms with Gasteiger partial charge in [0.15, 0.2) is 6.04 Å². The molecule has 2 fully saturated rings. The molecule has 5 nitrogen and oxygen atoms in total. The lowest BCUT2D eigenvalue weighted by molar-refractivity contribution is -0.932. The summed E-state index contributed by atoms with van der Waals surface area (Å²) >= 11 is 0. The number of quaternary nitrogens is 1. The number of nitrogens with zero attached hydrogens (tertiary/aromatic N) is 4. The molecule has 0 amide bonds. The summed E-state index contributed by atoms with van der Waals surface area (Å²) < 4.78 is 2.15. The first-order valence-electron chi connectivity index (χ1n) is 9.50. The Morgan fingerprint density at radius 2 is 1.75 bits per heavy atom. The van der Waals surface area contributed by atoms with E-state index in [1.165, 1.54) is 57.2 Å². The first kappa shape index (κ1) is 15.8. The van der Waals surface area contributed by atoms with Gasteiger partial charge in [-0.15, -0.1) is 5.10 Å². The van der Waals surface area contributed by atoms with Crippen molar-refractivity contribution in [2.75, 3.05) is 13.1 Å². The Balaban J connectivity index is 1.69. The molecule has 0 bridgehead atoms. The van der Waals surface area contributed by atoms with E-state index in [1.54, 1.807) is 4.90 Å². The van der Waals surface area contributed by atoms with E-state index in [0.717, 1.165) is 11.7 Å². The molecule has 2 heterocycles. The molecule has 128 valence electrons. The predicted octanol–water partition coefficient (Wildman–Crippen LogP) is 2.19. The van der Waals surface area contributed by atoms with Gasteiger partial charge in [0.25, 0.3) is 0 Å². The number of tetrazole rings is 1. The third-order valence-electron chi connectivity index (χ3n) is 5.90. The Morgan fingerprint density at radius 1 is 1.04 bits per heavy atom.